The Morgan fingerprint density at radius 1 is 0.941 bits per heavy atom. The maximum Gasteiger partial charge on any atom is 0.338 e. The average molecular weight is 464 g/mol. The van der Waals surface area contributed by atoms with Gasteiger partial charge in [-0.2, -0.15) is 0 Å². The van der Waals surface area contributed by atoms with E-state index in [1.165, 1.54) is 18.2 Å². The van der Waals surface area contributed by atoms with Crippen molar-refractivity contribution >= 4 is 29.2 Å². The van der Waals surface area contributed by atoms with Gasteiger partial charge in [-0.15, -0.1) is 0 Å². The predicted octanol–water partition coefficient (Wildman–Crippen LogP) is 3.88. The van der Waals surface area contributed by atoms with E-state index in [0.717, 1.165) is 18.8 Å². The number of carbonyl (C=O) groups excluding carboxylic acids is 3. The van der Waals surface area contributed by atoms with Gasteiger partial charge in [-0.3, -0.25) is 9.59 Å². The van der Waals surface area contributed by atoms with Gasteiger partial charge in [0.15, 0.2) is 6.61 Å². The van der Waals surface area contributed by atoms with Gasteiger partial charge in [0.25, 0.3) is 11.8 Å². The van der Waals surface area contributed by atoms with Crippen molar-refractivity contribution in [3.63, 3.8) is 0 Å². The molecule has 34 heavy (non-hydrogen) atoms. The first-order valence-electron chi connectivity index (χ1n) is 11.1. The van der Waals surface area contributed by atoms with Crippen LogP contribution in [-0.2, 0) is 16.1 Å². The Kier molecular flexibility index (Phi) is 8.45. The van der Waals surface area contributed by atoms with Gasteiger partial charge in [-0.1, -0.05) is 12.1 Å². The number of hydrogen-bond donors (Lipinski definition) is 1. The van der Waals surface area contributed by atoms with E-state index in [2.05, 4.69) is 24.1 Å². The highest BCUT2D eigenvalue weighted by molar-refractivity contribution is 6.05. The molecule has 0 saturated heterocycles. The molecular formula is C26H29N3O5. The first-order chi connectivity index (χ1) is 16.4. The number of carbonyl (C=O) groups is 3. The highest BCUT2D eigenvalue weighted by atomic mass is 16.5. The lowest BCUT2D eigenvalue weighted by Gasteiger charge is -2.21. The van der Waals surface area contributed by atoms with Crippen LogP contribution < -0.4 is 15.1 Å². The zero-order chi connectivity index (χ0) is 24.5. The van der Waals surface area contributed by atoms with E-state index in [-0.39, 0.29) is 12.5 Å². The largest absolute Gasteiger partial charge is 0.467 e. The number of amides is 2. The molecule has 0 aliphatic carbocycles. The molecule has 0 fully saturated rings. The third kappa shape index (κ3) is 6.04. The Bertz CT molecular complexity index is 1110. The molecule has 178 valence electrons. The molecule has 1 heterocycles. The van der Waals surface area contributed by atoms with Gasteiger partial charge in [-0.25, -0.2) is 4.79 Å². The zero-order valence-electron chi connectivity index (χ0n) is 19.6. The predicted molar refractivity (Wildman–Crippen MR) is 130 cm³/mol. The van der Waals surface area contributed by atoms with Crippen molar-refractivity contribution in [3.8, 4) is 0 Å². The Morgan fingerprint density at radius 3 is 2.29 bits per heavy atom. The summed E-state index contributed by atoms with van der Waals surface area (Å²) in [6, 6.07) is 17.3. The van der Waals surface area contributed by atoms with E-state index < -0.39 is 18.5 Å². The summed E-state index contributed by atoms with van der Waals surface area (Å²) in [5, 5.41) is 2.77. The summed E-state index contributed by atoms with van der Waals surface area (Å²) >= 11 is 0. The molecule has 8 nitrogen and oxygen atoms in total. The smallest absolute Gasteiger partial charge is 0.338 e. The van der Waals surface area contributed by atoms with Gasteiger partial charge in [0, 0.05) is 25.8 Å². The number of furan rings is 1. The number of likely N-dealkylation sites (N-methyl/N-ethyl adjacent to an activating group) is 1. The fourth-order valence-electron chi connectivity index (χ4n) is 3.47. The van der Waals surface area contributed by atoms with E-state index in [9.17, 15) is 14.4 Å². The van der Waals surface area contributed by atoms with Crippen LogP contribution in [0.15, 0.2) is 71.3 Å². The Labute approximate surface area is 199 Å². The zero-order valence-corrected chi connectivity index (χ0v) is 19.6. The summed E-state index contributed by atoms with van der Waals surface area (Å²) < 4.78 is 10.5. The number of benzene rings is 2. The molecule has 2 aromatic carbocycles. The number of nitrogens with one attached hydrogen (secondary N) is 1. The summed E-state index contributed by atoms with van der Waals surface area (Å²) in [5.74, 6) is -0.777. The number of ether oxygens (including phenoxy) is 1. The molecule has 0 aliphatic rings. The van der Waals surface area contributed by atoms with Crippen LogP contribution in [0.2, 0.25) is 0 Å². The second kappa shape index (κ2) is 11.7. The Morgan fingerprint density at radius 2 is 1.65 bits per heavy atom. The van der Waals surface area contributed by atoms with Crippen LogP contribution in [0.3, 0.4) is 0 Å². The third-order valence-corrected chi connectivity index (χ3v) is 5.45. The maximum absolute atomic E-state index is 12.7. The van der Waals surface area contributed by atoms with E-state index in [1.54, 1.807) is 48.5 Å². The molecule has 0 spiro atoms. The molecule has 3 rings (SSSR count). The molecule has 1 N–H and O–H groups in total. The summed E-state index contributed by atoms with van der Waals surface area (Å²) in [7, 11) is 1.54. The lowest BCUT2D eigenvalue weighted by molar-refractivity contribution is -0.121. The van der Waals surface area contributed by atoms with Crippen LogP contribution in [0.25, 0.3) is 0 Å². The van der Waals surface area contributed by atoms with Crippen molar-refractivity contribution in [1.82, 2.24) is 5.32 Å². The number of esters is 1. The van der Waals surface area contributed by atoms with Crippen molar-refractivity contribution in [2.45, 2.75) is 20.4 Å². The minimum atomic E-state index is -0.586. The standard InChI is InChI=1S/C26H29N3O5/c1-4-29(5-2)20-14-12-19(13-15-20)26(32)34-18-24(30)28(3)23-11-7-6-10-22(23)25(31)27-17-21-9-8-16-33-21/h6-16H,4-5,17-18H2,1-3H3,(H,27,31). The number of anilines is 2. The average Bonchev–Trinajstić information content (AvgIpc) is 3.40. The van der Waals surface area contributed by atoms with Crippen LogP contribution >= 0.6 is 0 Å². The fraction of sp³-hybridized carbons (Fsp3) is 0.269. The molecule has 1 aromatic heterocycles. The van der Waals surface area contributed by atoms with Crippen molar-refractivity contribution in [3.05, 3.63) is 83.8 Å². The molecule has 0 unspecified atom stereocenters. The van der Waals surface area contributed by atoms with Crippen molar-refractivity contribution in [2.24, 2.45) is 0 Å². The van der Waals surface area contributed by atoms with E-state index in [0.29, 0.717) is 22.6 Å². The molecule has 2 amide bonds. The van der Waals surface area contributed by atoms with E-state index in [4.69, 9.17) is 9.15 Å². The van der Waals surface area contributed by atoms with Gasteiger partial charge >= 0.3 is 5.97 Å². The summed E-state index contributed by atoms with van der Waals surface area (Å²) in [6.07, 6.45) is 1.53. The molecule has 0 bridgehead atoms. The monoisotopic (exact) mass is 463 g/mol. The molecule has 0 radical (unpaired) electrons. The van der Waals surface area contributed by atoms with Crippen LogP contribution in [0.4, 0.5) is 11.4 Å². The van der Waals surface area contributed by atoms with Gasteiger partial charge in [-0.05, 0) is 62.4 Å². The van der Waals surface area contributed by atoms with Gasteiger partial charge < -0.3 is 24.3 Å². The van der Waals surface area contributed by atoms with Crippen LogP contribution in [0.1, 0.15) is 40.3 Å². The molecule has 0 saturated carbocycles. The molecule has 8 heteroatoms. The molecular weight excluding hydrogens is 434 g/mol. The number of rotatable bonds is 10. The molecule has 0 aliphatic heterocycles. The topological polar surface area (TPSA) is 92.1 Å². The Hall–Kier alpha value is -4.07. The molecule has 0 atom stereocenters. The number of hydrogen-bond acceptors (Lipinski definition) is 6. The van der Waals surface area contributed by atoms with Crippen molar-refractivity contribution in [2.75, 3.05) is 36.5 Å². The van der Waals surface area contributed by atoms with Gasteiger partial charge in [0.05, 0.1) is 29.6 Å². The fourth-order valence-corrected chi connectivity index (χ4v) is 3.47. The summed E-state index contributed by atoms with van der Waals surface area (Å²) in [5.41, 5.74) is 2.11. The molecule has 3 aromatic rings. The highest BCUT2D eigenvalue weighted by Gasteiger charge is 2.20. The summed E-state index contributed by atoms with van der Waals surface area (Å²) in [4.78, 5) is 41.3. The quantitative estimate of drug-likeness (QED) is 0.459. The van der Waals surface area contributed by atoms with Crippen molar-refractivity contribution < 1.29 is 23.5 Å². The lowest BCUT2D eigenvalue weighted by Crippen LogP contribution is -2.33. The van der Waals surface area contributed by atoms with E-state index in [1.807, 2.05) is 12.1 Å². The Balaban J connectivity index is 1.60. The number of nitrogens with zero attached hydrogens (tertiary/aromatic N) is 2. The minimum Gasteiger partial charge on any atom is -0.467 e. The first-order valence-corrected chi connectivity index (χ1v) is 11.1. The SMILES string of the molecule is CCN(CC)c1ccc(C(=O)OCC(=O)N(C)c2ccccc2C(=O)NCc2ccco2)cc1. The van der Waals surface area contributed by atoms with Gasteiger partial charge in [0.1, 0.15) is 5.76 Å². The van der Waals surface area contributed by atoms with Crippen LogP contribution in [-0.4, -0.2) is 44.5 Å². The lowest BCUT2D eigenvalue weighted by atomic mass is 10.1. The summed E-state index contributed by atoms with van der Waals surface area (Å²) in [6.45, 7) is 5.63. The second-order valence-electron chi connectivity index (χ2n) is 7.53. The highest BCUT2D eigenvalue weighted by Crippen LogP contribution is 2.20. The van der Waals surface area contributed by atoms with Crippen LogP contribution in [0.5, 0.6) is 0 Å². The van der Waals surface area contributed by atoms with Gasteiger partial charge in [0.2, 0.25) is 0 Å². The minimum absolute atomic E-state index is 0.225. The second-order valence-corrected chi connectivity index (χ2v) is 7.53. The maximum atomic E-state index is 12.7. The number of para-hydroxylation sites is 1. The van der Waals surface area contributed by atoms with Crippen LogP contribution in [0, 0.1) is 0 Å². The first kappa shape index (κ1) is 24.6. The third-order valence-electron chi connectivity index (χ3n) is 5.45. The van der Waals surface area contributed by atoms with E-state index >= 15 is 0 Å². The van der Waals surface area contributed by atoms with Crippen molar-refractivity contribution in [1.29, 1.82) is 0 Å². The normalized spacial score (nSPS) is 10.4.